The van der Waals surface area contributed by atoms with E-state index in [4.69, 9.17) is 36.4 Å². The molecule has 0 spiro atoms. The van der Waals surface area contributed by atoms with Crippen LogP contribution in [0.25, 0.3) is 11.3 Å². The number of carbonyl (C=O) groups excluding carboxylic acids is 2. The lowest BCUT2D eigenvalue weighted by atomic mass is 10.1. The molecule has 2 atom stereocenters. The van der Waals surface area contributed by atoms with Gasteiger partial charge < -0.3 is 19.5 Å². The van der Waals surface area contributed by atoms with Crippen LogP contribution < -0.4 is 10.6 Å². The highest BCUT2D eigenvalue weighted by Crippen LogP contribution is 2.53. The average molecular weight is 777 g/mol. The van der Waals surface area contributed by atoms with Gasteiger partial charge in [-0.3, -0.25) is 32.5 Å². The van der Waals surface area contributed by atoms with Crippen LogP contribution in [0.5, 0.6) is 0 Å². The molecule has 0 unspecified atom stereocenters. The van der Waals surface area contributed by atoms with E-state index in [1.165, 1.54) is 25.2 Å². The minimum Gasteiger partial charge on any atom is -0.447 e. The molecular formula is C32H44F2N4O12P2. The number of urea groups is 1. The van der Waals surface area contributed by atoms with Gasteiger partial charge in [0.2, 0.25) is 0 Å². The molecule has 0 saturated heterocycles. The number of ether oxygens (including phenoxy) is 1. The normalized spacial score (nSPS) is 13.0. The maximum absolute atomic E-state index is 14.3. The van der Waals surface area contributed by atoms with Crippen LogP contribution in [0.3, 0.4) is 0 Å². The fourth-order valence-corrected chi connectivity index (χ4v) is 7.06. The Morgan fingerprint density at radius 1 is 0.865 bits per heavy atom. The third-order valence-electron chi connectivity index (χ3n) is 6.92. The molecule has 0 radical (unpaired) electrons. The SMILES string of the molecule is CCOP(=O)(OCC)OC[C@@H](C[C@@H](COC(=O)Nc1cc(-c2ccccc2)on1)N(C)C(=O)NCc1cccc(F)c1F)OP(=O)(OCC)OCC. The highest BCUT2D eigenvalue weighted by Gasteiger charge is 2.36. The number of amides is 3. The number of rotatable bonds is 22. The third-order valence-corrected chi connectivity index (χ3v) is 10.2. The minimum absolute atomic E-state index is 0.0298. The van der Waals surface area contributed by atoms with Crippen molar-refractivity contribution in [2.75, 3.05) is 52.0 Å². The van der Waals surface area contributed by atoms with E-state index in [9.17, 15) is 27.5 Å². The molecule has 0 saturated carbocycles. The summed E-state index contributed by atoms with van der Waals surface area (Å²) in [5.74, 6) is -1.81. The molecule has 0 fully saturated rings. The van der Waals surface area contributed by atoms with E-state index in [0.29, 0.717) is 11.3 Å². The van der Waals surface area contributed by atoms with Gasteiger partial charge in [0.05, 0.1) is 45.2 Å². The lowest BCUT2D eigenvalue weighted by Gasteiger charge is -2.32. The summed E-state index contributed by atoms with van der Waals surface area (Å²) in [4.78, 5) is 27.3. The molecule has 3 aromatic rings. The molecule has 16 nitrogen and oxygen atoms in total. The summed E-state index contributed by atoms with van der Waals surface area (Å²) in [6.45, 7) is 4.60. The Morgan fingerprint density at radius 2 is 1.50 bits per heavy atom. The number of carbonyl (C=O) groups is 2. The predicted octanol–water partition coefficient (Wildman–Crippen LogP) is 7.53. The van der Waals surface area contributed by atoms with Crippen molar-refractivity contribution in [1.82, 2.24) is 15.4 Å². The quantitative estimate of drug-likeness (QED) is 0.0955. The zero-order valence-electron chi connectivity index (χ0n) is 29.5. The Kier molecular flexibility index (Phi) is 17.3. The van der Waals surface area contributed by atoms with Crippen molar-refractivity contribution in [3.8, 4) is 11.3 Å². The summed E-state index contributed by atoms with van der Waals surface area (Å²) in [5.41, 5.74) is 0.591. The molecular weight excluding hydrogens is 732 g/mol. The van der Waals surface area contributed by atoms with Crippen molar-refractivity contribution in [2.45, 2.75) is 52.8 Å². The van der Waals surface area contributed by atoms with Gasteiger partial charge in [0.1, 0.15) is 6.61 Å². The summed E-state index contributed by atoms with van der Waals surface area (Å²) in [5, 5.41) is 8.75. The molecule has 52 heavy (non-hydrogen) atoms. The number of phosphoric acid groups is 2. The van der Waals surface area contributed by atoms with Crippen molar-refractivity contribution in [3.05, 3.63) is 71.8 Å². The van der Waals surface area contributed by atoms with Crippen LogP contribution in [-0.2, 0) is 47.6 Å². The van der Waals surface area contributed by atoms with Gasteiger partial charge in [-0.25, -0.2) is 27.5 Å². The number of hydrogen-bond donors (Lipinski definition) is 2. The van der Waals surface area contributed by atoms with Crippen LogP contribution in [0, 0.1) is 11.6 Å². The Labute approximate surface area is 300 Å². The summed E-state index contributed by atoms with van der Waals surface area (Å²) in [7, 11) is -7.04. The number of hydrogen-bond acceptors (Lipinski definition) is 13. The molecule has 0 aliphatic carbocycles. The Morgan fingerprint density at radius 3 is 2.13 bits per heavy atom. The van der Waals surface area contributed by atoms with E-state index < -0.39 is 71.3 Å². The van der Waals surface area contributed by atoms with Crippen LogP contribution in [0.4, 0.5) is 24.2 Å². The number of phosphoric ester groups is 2. The van der Waals surface area contributed by atoms with E-state index in [1.807, 2.05) is 6.07 Å². The van der Waals surface area contributed by atoms with Crippen LogP contribution in [-0.4, -0.2) is 81.0 Å². The molecule has 2 aromatic carbocycles. The Hall–Kier alpha value is -3.73. The number of nitrogens with one attached hydrogen (secondary N) is 2. The predicted molar refractivity (Wildman–Crippen MR) is 184 cm³/mol. The molecule has 3 amide bonds. The summed E-state index contributed by atoms with van der Waals surface area (Å²) >= 11 is 0. The molecule has 1 heterocycles. The van der Waals surface area contributed by atoms with Crippen LogP contribution >= 0.6 is 15.6 Å². The van der Waals surface area contributed by atoms with Gasteiger partial charge in [-0.1, -0.05) is 47.6 Å². The maximum Gasteiger partial charge on any atom is 0.475 e. The lowest BCUT2D eigenvalue weighted by Crippen LogP contribution is -2.47. The highest BCUT2D eigenvalue weighted by molar-refractivity contribution is 7.48. The van der Waals surface area contributed by atoms with Crippen molar-refractivity contribution >= 4 is 33.6 Å². The van der Waals surface area contributed by atoms with Gasteiger partial charge in [0.15, 0.2) is 23.2 Å². The van der Waals surface area contributed by atoms with E-state index in [-0.39, 0.29) is 44.2 Å². The number of benzene rings is 2. The first-order chi connectivity index (χ1) is 24.9. The lowest BCUT2D eigenvalue weighted by molar-refractivity contribution is 0.0189. The molecule has 288 valence electrons. The van der Waals surface area contributed by atoms with Crippen LogP contribution in [0.2, 0.25) is 0 Å². The second-order valence-electron chi connectivity index (χ2n) is 10.6. The highest BCUT2D eigenvalue weighted by atomic mass is 31.2. The van der Waals surface area contributed by atoms with Gasteiger partial charge in [-0.05, 0) is 33.8 Å². The Balaban J connectivity index is 1.85. The van der Waals surface area contributed by atoms with Crippen molar-refractivity contribution in [1.29, 1.82) is 0 Å². The zero-order valence-corrected chi connectivity index (χ0v) is 31.2. The summed E-state index contributed by atoms with van der Waals surface area (Å²) in [6, 6.07) is 12.1. The largest absolute Gasteiger partial charge is 0.475 e. The minimum atomic E-state index is -4.25. The number of anilines is 1. The number of nitrogens with zero attached hydrogens (tertiary/aromatic N) is 2. The second-order valence-corrected chi connectivity index (χ2v) is 13.9. The standard InChI is InChI=1S/C32H44F2N4O12P2/c1-6-44-51(41,45-7-2)48-22-26(50-52(42,46-8-3)47-9-4)18-25(38(5)31(39)35-20-24-16-13-17-27(33)30(24)34)21-43-32(40)36-29-19-28(49-37-29)23-14-11-10-12-15-23/h10-17,19,25-26H,6-9,18,20-22H2,1-5H3,(H,35,39)(H,36,37,40)/t25-,26+/m0/s1. The summed E-state index contributed by atoms with van der Waals surface area (Å²) < 4.78 is 97.6. The molecule has 20 heteroatoms. The smallest absolute Gasteiger partial charge is 0.447 e. The number of likely N-dealkylation sites (N-methyl/N-ethyl adjacent to an activating group) is 1. The van der Waals surface area contributed by atoms with Crippen molar-refractivity contribution in [2.24, 2.45) is 0 Å². The van der Waals surface area contributed by atoms with E-state index >= 15 is 0 Å². The molecule has 0 aliphatic heterocycles. The van der Waals surface area contributed by atoms with Gasteiger partial charge in [-0.2, -0.15) is 0 Å². The van der Waals surface area contributed by atoms with Crippen LogP contribution in [0.15, 0.2) is 59.1 Å². The molecule has 1 aromatic heterocycles. The van der Waals surface area contributed by atoms with E-state index in [2.05, 4.69) is 15.8 Å². The third kappa shape index (κ3) is 13.4. The fourth-order valence-electron chi connectivity index (χ4n) is 4.51. The molecule has 2 N–H and O–H groups in total. The first kappa shape index (κ1) is 42.7. The molecule has 3 rings (SSSR count). The first-order valence-corrected chi connectivity index (χ1v) is 19.3. The molecule has 0 bridgehead atoms. The maximum atomic E-state index is 14.3. The number of halogens is 2. The van der Waals surface area contributed by atoms with Gasteiger partial charge >= 0.3 is 27.8 Å². The van der Waals surface area contributed by atoms with Crippen molar-refractivity contribution < 1.29 is 63.9 Å². The van der Waals surface area contributed by atoms with Gasteiger partial charge in [-0.15, -0.1) is 0 Å². The summed E-state index contributed by atoms with van der Waals surface area (Å²) in [6.07, 6.45) is -2.58. The first-order valence-electron chi connectivity index (χ1n) is 16.4. The average Bonchev–Trinajstić information content (AvgIpc) is 3.58. The van der Waals surface area contributed by atoms with Gasteiger partial charge in [0, 0.05) is 37.2 Å². The fraction of sp³-hybridized carbons (Fsp3) is 0.469. The number of aromatic nitrogens is 1. The molecule has 0 aliphatic rings. The second kappa shape index (κ2) is 21.1. The topological polar surface area (TPSA) is 186 Å². The van der Waals surface area contributed by atoms with E-state index in [1.54, 1.807) is 52.0 Å². The zero-order chi connectivity index (χ0) is 38.1. The van der Waals surface area contributed by atoms with Crippen LogP contribution in [0.1, 0.15) is 39.7 Å². The Bertz CT molecular complexity index is 1650. The van der Waals surface area contributed by atoms with E-state index in [0.717, 1.165) is 11.0 Å². The van der Waals surface area contributed by atoms with Crippen molar-refractivity contribution in [3.63, 3.8) is 0 Å². The van der Waals surface area contributed by atoms with Gasteiger partial charge in [0.25, 0.3) is 0 Å². The monoisotopic (exact) mass is 776 g/mol.